The molecule has 0 atom stereocenters. The van der Waals surface area contributed by atoms with Gasteiger partial charge >= 0.3 is 5.97 Å². The normalized spacial score (nSPS) is 10.2. The molecule has 6 heteroatoms. The highest BCUT2D eigenvalue weighted by Gasteiger charge is 2.14. The zero-order valence-corrected chi connectivity index (χ0v) is 13.9. The molecule has 0 heterocycles. The average molecular weight is 352 g/mol. The maximum atomic E-state index is 11.9. The van der Waals surface area contributed by atoms with Gasteiger partial charge in [0.1, 0.15) is 0 Å². The van der Waals surface area contributed by atoms with Gasteiger partial charge in [-0.3, -0.25) is 4.79 Å². The number of ether oxygens (including phenoxy) is 1. The minimum absolute atomic E-state index is 0.164. The molecule has 0 saturated heterocycles. The summed E-state index contributed by atoms with van der Waals surface area (Å²) in [5.41, 5.74) is 1.93. The molecule has 2 aromatic carbocycles. The predicted molar refractivity (Wildman–Crippen MR) is 91.2 cm³/mol. The maximum absolute atomic E-state index is 11.9. The van der Waals surface area contributed by atoms with Crippen LogP contribution >= 0.6 is 23.2 Å². The van der Waals surface area contributed by atoms with Crippen molar-refractivity contribution in [1.82, 2.24) is 0 Å². The molecule has 0 aliphatic rings. The van der Waals surface area contributed by atoms with Crippen molar-refractivity contribution in [1.29, 1.82) is 0 Å². The second-order valence-electron chi connectivity index (χ2n) is 4.80. The summed E-state index contributed by atoms with van der Waals surface area (Å²) in [5.74, 6) is -1.10. The zero-order valence-electron chi connectivity index (χ0n) is 12.4. The van der Waals surface area contributed by atoms with Crippen LogP contribution in [0.4, 0.5) is 5.69 Å². The molecule has 0 saturated carbocycles. The fourth-order valence-corrected chi connectivity index (χ4v) is 2.42. The fourth-order valence-electron chi connectivity index (χ4n) is 1.93. The highest BCUT2D eigenvalue weighted by molar-refractivity contribution is 6.36. The molecule has 23 heavy (non-hydrogen) atoms. The highest BCUT2D eigenvalue weighted by atomic mass is 35.5. The Kier molecular flexibility index (Phi) is 6.02. The van der Waals surface area contributed by atoms with Crippen LogP contribution in [-0.4, -0.2) is 18.5 Å². The van der Waals surface area contributed by atoms with Crippen LogP contribution < -0.4 is 5.32 Å². The third-order valence-corrected chi connectivity index (χ3v) is 3.65. The lowest BCUT2D eigenvalue weighted by Gasteiger charge is -2.08. The van der Waals surface area contributed by atoms with E-state index in [-0.39, 0.29) is 10.6 Å². The van der Waals surface area contributed by atoms with Crippen LogP contribution in [0.2, 0.25) is 10.0 Å². The number of nitrogens with one attached hydrogen (secondary N) is 1. The minimum Gasteiger partial charge on any atom is -0.452 e. The van der Waals surface area contributed by atoms with Crippen molar-refractivity contribution < 1.29 is 14.3 Å². The van der Waals surface area contributed by atoms with Crippen LogP contribution in [-0.2, 0) is 16.0 Å². The van der Waals surface area contributed by atoms with E-state index in [1.165, 1.54) is 18.2 Å². The molecule has 120 valence electrons. The topological polar surface area (TPSA) is 55.4 Å². The molecule has 1 amide bonds. The minimum atomic E-state index is -0.677. The predicted octanol–water partition coefficient (Wildman–Crippen LogP) is 4.35. The summed E-state index contributed by atoms with van der Waals surface area (Å²) < 4.78 is 4.96. The number of amides is 1. The Labute approximate surface area is 144 Å². The number of anilines is 1. The average Bonchev–Trinajstić information content (AvgIpc) is 2.53. The first-order valence-electron chi connectivity index (χ1n) is 7.00. The number of hydrogen-bond acceptors (Lipinski definition) is 3. The lowest BCUT2D eigenvalue weighted by Crippen LogP contribution is -2.21. The molecular formula is C17H15Cl2NO3. The summed E-state index contributed by atoms with van der Waals surface area (Å²) in [7, 11) is 0. The van der Waals surface area contributed by atoms with Crippen LogP contribution in [0.3, 0.4) is 0 Å². The Balaban J connectivity index is 1.92. The van der Waals surface area contributed by atoms with Crippen molar-refractivity contribution in [3.63, 3.8) is 0 Å². The van der Waals surface area contributed by atoms with E-state index in [1.54, 1.807) is 6.07 Å². The molecule has 0 unspecified atom stereocenters. The zero-order chi connectivity index (χ0) is 16.8. The molecular weight excluding hydrogens is 337 g/mol. The fraction of sp³-hybridized carbons (Fsp3) is 0.176. The summed E-state index contributed by atoms with van der Waals surface area (Å²) in [6.45, 7) is 1.63. The van der Waals surface area contributed by atoms with Gasteiger partial charge in [-0.1, -0.05) is 42.3 Å². The van der Waals surface area contributed by atoms with E-state index in [9.17, 15) is 9.59 Å². The summed E-state index contributed by atoms with van der Waals surface area (Å²) in [6.07, 6.45) is 0.869. The maximum Gasteiger partial charge on any atom is 0.340 e. The SMILES string of the molecule is CCc1cccc(NC(=O)COC(=O)c2ccc(Cl)cc2Cl)c1. The number of carbonyl (C=O) groups excluding carboxylic acids is 2. The summed E-state index contributed by atoms with van der Waals surface area (Å²) in [5, 5.41) is 3.27. The van der Waals surface area contributed by atoms with Crippen LogP contribution in [0.5, 0.6) is 0 Å². The summed E-state index contributed by atoms with van der Waals surface area (Å²) in [6, 6.07) is 11.9. The lowest BCUT2D eigenvalue weighted by atomic mass is 10.1. The van der Waals surface area contributed by atoms with Gasteiger partial charge in [-0.25, -0.2) is 4.79 Å². The van der Waals surface area contributed by atoms with Crippen molar-refractivity contribution >= 4 is 40.8 Å². The van der Waals surface area contributed by atoms with E-state index in [4.69, 9.17) is 27.9 Å². The molecule has 1 N–H and O–H groups in total. The van der Waals surface area contributed by atoms with Gasteiger partial charge in [-0.2, -0.15) is 0 Å². The molecule has 0 aromatic heterocycles. The second-order valence-corrected chi connectivity index (χ2v) is 5.65. The standard InChI is InChI=1S/C17H15Cl2NO3/c1-2-11-4-3-5-13(8-11)20-16(21)10-23-17(22)14-7-6-12(18)9-15(14)19/h3-9H,2,10H2,1H3,(H,20,21). The smallest absolute Gasteiger partial charge is 0.340 e. The quantitative estimate of drug-likeness (QED) is 0.814. The third kappa shape index (κ3) is 4.98. The van der Waals surface area contributed by atoms with Crippen LogP contribution in [0.25, 0.3) is 0 Å². The van der Waals surface area contributed by atoms with Crippen molar-refractivity contribution in [2.45, 2.75) is 13.3 Å². The first-order valence-corrected chi connectivity index (χ1v) is 7.76. The Morgan fingerprint density at radius 1 is 1.13 bits per heavy atom. The van der Waals surface area contributed by atoms with Crippen molar-refractivity contribution in [3.8, 4) is 0 Å². The van der Waals surface area contributed by atoms with E-state index in [2.05, 4.69) is 5.32 Å². The van der Waals surface area contributed by atoms with Crippen LogP contribution in [0.15, 0.2) is 42.5 Å². The van der Waals surface area contributed by atoms with Gasteiger partial charge in [0.15, 0.2) is 6.61 Å². The second kappa shape index (κ2) is 7.99. The van der Waals surface area contributed by atoms with Crippen molar-refractivity contribution in [2.24, 2.45) is 0 Å². The lowest BCUT2D eigenvalue weighted by molar-refractivity contribution is -0.119. The number of esters is 1. The number of benzene rings is 2. The number of rotatable bonds is 5. The van der Waals surface area contributed by atoms with E-state index in [0.717, 1.165) is 12.0 Å². The monoisotopic (exact) mass is 351 g/mol. The third-order valence-electron chi connectivity index (χ3n) is 3.10. The van der Waals surface area contributed by atoms with Gasteiger partial charge in [0, 0.05) is 10.7 Å². The highest BCUT2D eigenvalue weighted by Crippen LogP contribution is 2.21. The molecule has 0 fully saturated rings. The van der Waals surface area contributed by atoms with Gasteiger partial charge in [0.05, 0.1) is 10.6 Å². The molecule has 2 rings (SSSR count). The first kappa shape index (κ1) is 17.3. The molecule has 0 aliphatic carbocycles. The van der Waals surface area contributed by atoms with Gasteiger partial charge in [0.25, 0.3) is 5.91 Å². The molecule has 0 bridgehead atoms. The van der Waals surface area contributed by atoms with Gasteiger partial charge < -0.3 is 10.1 Å². The Morgan fingerprint density at radius 3 is 2.61 bits per heavy atom. The van der Waals surface area contributed by atoms with E-state index < -0.39 is 18.5 Å². The number of hydrogen-bond donors (Lipinski definition) is 1. The van der Waals surface area contributed by atoms with E-state index in [1.807, 2.05) is 25.1 Å². The van der Waals surface area contributed by atoms with Crippen molar-refractivity contribution in [3.05, 3.63) is 63.6 Å². The van der Waals surface area contributed by atoms with Crippen LogP contribution in [0.1, 0.15) is 22.8 Å². The molecule has 0 radical (unpaired) electrons. The molecule has 0 spiro atoms. The van der Waals surface area contributed by atoms with Crippen molar-refractivity contribution in [2.75, 3.05) is 11.9 Å². The summed E-state index contributed by atoms with van der Waals surface area (Å²) >= 11 is 11.7. The van der Waals surface area contributed by atoms with E-state index >= 15 is 0 Å². The number of carbonyl (C=O) groups is 2. The molecule has 0 aliphatic heterocycles. The first-order chi connectivity index (χ1) is 11.0. The van der Waals surface area contributed by atoms with Gasteiger partial charge in [-0.05, 0) is 42.3 Å². The largest absolute Gasteiger partial charge is 0.452 e. The Bertz CT molecular complexity index is 732. The number of halogens is 2. The Hall–Kier alpha value is -2.04. The van der Waals surface area contributed by atoms with Gasteiger partial charge in [0.2, 0.25) is 0 Å². The molecule has 4 nitrogen and oxygen atoms in total. The summed E-state index contributed by atoms with van der Waals surface area (Å²) in [4.78, 5) is 23.7. The Morgan fingerprint density at radius 2 is 1.91 bits per heavy atom. The van der Waals surface area contributed by atoms with Crippen LogP contribution in [0, 0.1) is 0 Å². The van der Waals surface area contributed by atoms with Gasteiger partial charge in [-0.15, -0.1) is 0 Å². The van der Waals surface area contributed by atoms with E-state index in [0.29, 0.717) is 10.7 Å². The number of aryl methyl sites for hydroxylation is 1. The molecule has 2 aromatic rings.